The lowest BCUT2D eigenvalue weighted by Gasteiger charge is -2.14. The van der Waals surface area contributed by atoms with Crippen LogP contribution in [0.2, 0.25) is 5.02 Å². The standard InChI is InChI=1S/C13H15ClN2O2S2/c1-8-3-5-12(19-8)9(2)16-20(17,18)13-6-4-10(15)7-11(13)14/h3-7,9,16H,15H2,1-2H3. The summed E-state index contributed by atoms with van der Waals surface area (Å²) in [5.41, 5.74) is 5.99. The molecule has 2 aromatic rings. The number of nitrogens with two attached hydrogens (primary N) is 1. The predicted molar refractivity (Wildman–Crippen MR) is 83.7 cm³/mol. The Labute approximate surface area is 127 Å². The Bertz CT molecular complexity index is 726. The molecule has 1 heterocycles. The van der Waals surface area contributed by atoms with Crippen molar-refractivity contribution in [1.29, 1.82) is 0 Å². The van der Waals surface area contributed by atoms with Crippen LogP contribution >= 0.6 is 22.9 Å². The summed E-state index contributed by atoms with van der Waals surface area (Å²) in [6.07, 6.45) is 0. The van der Waals surface area contributed by atoms with Crippen LogP contribution in [-0.4, -0.2) is 8.42 Å². The highest BCUT2D eigenvalue weighted by atomic mass is 35.5. The Morgan fingerprint density at radius 3 is 2.55 bits per heavy atom. The molecule has 0 bridgehead atoms. The third kappa shape index (κ3) is 3.32. The average molecular weight is 331 g/mol. The van der Waals surface area contributed by atoms with Gasteiger partial charge in [-0.3, -0.25) is 0 Å². The first-order valence-corrected chi connectivity index (χ1v) is 8.61. The Morgan fingerprint density at radius 2 is 2.00 bits per heavy atom. The number of anilines is 1. The molecule has 2 rings (SSSR count). The van der Waals surface area contributed by atoms with E-state index in [0.717, 1.165) is 9.75 Å². The molecule has 0 saturated heterocycles. The highest BCUT2D eigenvalue weighted by Gasteiger charge is 2.21. The molecular formula is C13H15ClN2O2S2. The molecule has 1 atom stereocenters. The number of nitrogen functional groups attached to an aromatic ring is 1. The zero-order valence-electron chi connectivity index (χ0n) is 11.1. The second-order valence-corrected chi connectivity index (χ2v) is 7.89. The van der Waals surface area contributed by atoms with Gasteiger partial charge in [-0.15, -0.1) is 11.3 Å². The van der Waals surface area contributed by atoms with Crippen LogP contribution in [0.25, 0.3) is 0 Å². The Hall–Kier alpha value is -1.08. The number of thiophene rings is 1. The summed E-state index contributed by atoms with van der Waals surface area (Å²) < 4.78 is 27.3. The van der Waals surface area contributed by atoms with Gasteiger partial charge in [0.2, 0.25) is 10.0 Å². The molecule has 0 aliphatic carbocycles. The molecule has 1 unspecified atom stereocenters. The summed E-state index contributed by atoms with van der Waals surface area (Å²) in [5, 5.41) is 0.118. The molecule has 108 valence electrons. The molecule has 0 radical (unpaired) electrons. The van der Waals surface area contributed by atoms with Gasteiger partial charge in [0, 0.05) is 15.4 Å². The van der Waals surface area contributed by atoms with Crippen LogP contribution in [0.4, 0.5) is 5.69 Å². The van der Waals surface area contributed by atoms with Gasteiger partial charge in [0.1, 0.15) is 4.90 Å². The molecule has 7 heteroatoms. The molecule has 0 aliphatic heterocycles. The van der Waals surface area contributed by atoms with Gasteiger partial charge in [0.15, 0.2) is 0 Å². The molecule has 20 heavy (non-hydrogen) atoms. The fourth-order valence-electron chi connectivity index (χ4n) is 1.78. The molecular weight excluding hydrogens is 316 g/mol. The molecule has 4 nitrogen and oxygen atoms in total. The summed E-state index contributed by atoms with van der Waals surface area (Å²) in [4.78, 5) is 2.13. The fourth-order valence-corrected chi connectivity index (χ4v) is 4.51. The summed E-state index contributed by atoms with van der Waals surface area (Å²) in [6.45, 7) is 3.78. The second kappa shape index (κ2) is 5.73. The highest BCUT2D eigenvalue weighted by Crippen LogP contribution is 2.27. The number of aryl methyl sites for hydroxylation is 1. The van der Waals surface area contributed by atoms with Crippen LogP contribution in [0, 0.1) is 6.92 Å². The highest BCUT2D eigenvalue weighted by molar-refractivity contribution is 7.89. The van der Waals surface area contributed by atoms with Gasteiger partial charge in [-0.05, 0) is 44.2 Å². The van der Waals surface area contributed by atoms with Crippen molar-refractivity contribution in [1.82, 2.24) is 4.72 Å². The number of sulfonamides is 1. The summed E-state index contributed by atoms with van der Waals surface area (Å²) >= 11 is 7.51. The zero-order valence-corrected chi connectivity index (χ0v) is 13.4. The molecule has 0 fully saturated rings. The summed E-state index contributed by atoms with van der Waals surface area (Å²) in [7, 11) is -3.68. The SMILES string of the molecule is Cc1ccc(C(C)NS(=O)(=O)c2ccc(N)cc2Cl)s1. The van der Waals surface area contributed by atoms with E-state index in [1.165, 1.54) is 18.2 Å². The van der Waals surface area contributed by atoms with Gasteiger partial charge in [-0.1, -0.05) is 11.6 Å². The smallest absolute Gasteiger partial charge is 0.242 e. The van der Waals surface area contributed by atoms with Crippen LogP contribution in [-0.2, 0) is 10.0 Å². The zero-order chi connectivity index (χ0) is 14.9. The lowest BCUT2D eigenvalue weighted by atomic mass is 10.3. The molecule has 0 spiro atoms. The van der Waals surface area contributed by atoms with E-state index < -0.39 is 10.0 Å². The van der Waals surface area contributed by atoms with Crippen molar-refractivity contribution >= 4 is 38.6 Å². The van der Waals surface area contributed by atoms with Gasteiger partial charge in [-0.25, -0.2) is 13.1 Å². The second-order valence-electron chi connectivity index (χ2n) is 4.48. The van der Waals surface area contributed by atoms with Crippen molar-refractivity contribution in [2.45, 2.75) is 24.8 Å². The number of nitrogens with one attached hydrogen (secondary N) is 1. The van der Waals surface area contributed by atoms with Crippen LogP contribution in [0.1, 0.15) is 22.7 Å². The molecule has 0 amide bonds. The first kappa shape index (κ1) is 15.3. The van der Waals surface area contributed by atoms with Crippen molar-refractivity contribution in [2.24, 2.45) is 0 Å². The molecule has 1 aromatic heterocycles. The van der Waals surface area contributed by atoms with Gasteiger partial charge in [0.25, 0.3) is 0 Å². The van der Waals surface area contributed by atoms with E-state index in [1.807, 2.05) is 19.1 Å². The topological polar surface area (TPSA) is 72.2 Å². The quantitative estimate of drug-likeness (QED) is 0.844. The molecule has 0 aliphatic rings. The monoisotopic (exact) mass is 330 g/mol. The van der Waals surface area contributed by atoms with Crippen molar-refractivity contribution in [3.63, 3.8) is 0 Å². The van der Waals surface area contributed by atoms with Crippen molar-refractivity contribution in [3.8, 4) is 0 Å². The van der Waals surface area contributed by atoms with E-state index in [1.54, 1.807) is 18.3 Å². The molecule has 0 saturated carbocycles. The number of hydrogen-bond donors (Lipinski definition) is 2. The minimum Gasteiger partial charge on any atom is -0.399 e. The minimum atomic E-state index is -3.68. The number of hydrogen-bond acceptors (Lipinski definition) is 4. The number of rotatable bonds is 4. The maximum absolute atomic E-state index is 12.3. The fraction of sp³-hybridized carbons (Fsp3) is 0.231. The van der Waals surface area contributed by atoms with Crippen LogP contribution in [0.15, 0.2) is 35.2 Å². The molecule has 3 N–H and O–H groups in total. The first-order chi connectivity index (χ1) is 9.29. The average Bonchev–Trinajstić information content (AvgIpc) is 2.74. The molecule has 1 aromatic carbocycles. The largest absolute Gasteiger partial charge is 0.399 e. The Morgan fingerprint density at radius 1 is 1.30 bits per heavy atom. The third-order valence-corrected chi connectivity index (χ3v) is 5.97. The van der Waals surface area contributed by atoms with Gasteiger partial charge >= 0.3 is 0 Å². The van der Waals surface area contributed by atoms with Crippen molar-refractivity contribution in [3.05, 3.63) is 45.1 Å². The van der Waals surface area contributed by atoms with Crippen LogP contribution in [0.3, 0.4) is 0 Å². The van der Waals surface area contributed by atoms with E-state index in [4.69, 9.17) is 17.3 Å². The van der Waals surface area contributed by atoms with Gasteiger partial charge in [-0.2, -0.15) is 0 Å². The number of halogens is 1. The predicted octanol–water partition coefficient (Wildman–Crippen LogP) is 3.33. The van der Waals surface area contributed by atoms with E-state index in [0.29, 0.717) is 5.69 Å². The van der Waals surface area contributed by atoms with Gasteiger partial charge in [0.05, 0.1) is 11.1 Å². The normalized spacial score (nSPS) is 13.3. The van der Waals surface area contributed by atoms with E-state index in [9.17, 15) is 8.42 Å². The van der Waals surface area contributed by atoms with Crippen molar-refractivity contribution < 1.29 is 8.42 Å². The Kier molecular flexibility index (Phi) is 4.39. The summed E-state index contributed by atoms with van der Waals surface area (Å²) in [6, 6.07) is 7.91. The third-order valence-electron chi connectivity index (χ3n) is 2.77. The van der Waals surface area contributed by atoms with Crippen LogP contribution < -0.4 is 10.5 Å². The maximum atomic E-state index is 12.3. The van der Waals surface area contributed by atoms with Crippen molar-refractivity contribution in [2.75, 3.05) is 5.73 Å². The van der Waals surface area contributed by atoms with E-state index in [-0.39, 0.29) is 16.0 Å². The first-order valence-electron chi connectivity index (χ1n) is 5.93. The lowest BCUT2D eigenvalue weighted by molar-refractivity contribution is 0.568. The van der Waals surface area contributed by atoms with E-state index >= 15 is 0 Å². The van der Waals surface area contributed by atoms with E-state index in [2.05, 4.69) is 4.72 Å². The Balaban J connectivity index is 2.27. The maximum Gasteiger partial charge on any atom is 0.242 e. The number of benzene rings is 1. The summed E-state index contributed by atoms with van der Waals surface area (Å²) in [5.74, 6) is 0. The van der Waals surface area contributed by atoms with Gasteiger partial charge < -0.3 is 5.73 Å². The van der Waals surface area contributed by atoms with Crippen LogP contribution in [0.5, 0.6) is 0 Å². The lowest BCUT2D eigenvalue weighted by Crippen LogP contribution is -2.26. The minimum absolute atomic E-state index is 0.0356.